The van der Waals surface area contributed by atoms with Crippen LogP contribution in [0.25, 0.3) is 0 Å². The van der Waals surface area contributed by atoms with E-state index in [9.17, 15) is 4.79 Å². The van der Waals surface area contributed by atoms with Gasteiger partial charge in [-0.05, 0) is 26.7 Å². The number of methoxy groups -OCH3 is 1. The molecule has 0 atom stereocenters. The smallest absolute Gasteiger partial charge is 0.257 e. The highest BCUT2D eigenvalue weighted by atomic mass is 16.5. The molecule has 3 heterocycles. The van der Waals surface area contributed by atoms with E-state index in [0.29, 0.717) is 6.61 Å². The maximum atomic E-state index is 12.7. The van der Waals surface area contributed by atoms with Crippen molar-refractivity contribution in [2.45, 2.75) is 38.8 Å². The van der Waals surface area contributed by atoms with E-state index in [1.165, 1.54) is 0 Å². The first kappa shape index (κ1) is 15.5. The molecule has 1 amide bonds. The zero-order valence-corrected chi connectivity index (χ0v) is 13.8. The van der Waals surface area contributed by atoms with Gasteiger partial charge in [0.25, 0.3) is 5.91 Å². The number of hydrogen-bond donors (Lipinski definition) is 0. The Kier molecular flexibility index (Phi) is 4.23. The monoisotopic (exact) mass is 306 g/mol. The Bertz CT molecular complexity index is 544. The molecule has 0 saturated carbocycles. The molecule has 0 spiro atoms. The van der Waals surface area contributed by atoms with Crippen molar-refractivity contribution in [3.63, 3.8) is 0 Å². The predicted molar refractivity (Wildman–Crippen MR) is 84.0 cm³/mol. The zero-order chi connectivity index (χ0) is 15.7. The number of piperazine rings is 1. The lowest BCUT2D eigenvalue weighted by Crippen LogP contribution is -2.57. The molecule has 2 aliphatic heterocycles. The third-order valence-electron chi connectivity index (χ3n) is 4.88. The van der Waals surface area contributed by atoms with E-state index in [-0.39, 0.29) is 11.4 Å². The largest absolute Gasteiger partial charge is 0.383 e. The molecule has 1 aromatic rings. The van der Waals surface area contributed by atoms with Crippen molar-refractivity contribution in [3.8, 4) is 0 Å². The second kappa shape index (κ2) is 6.01. The van der Waals surface area contributed by atoms with Gasteiger partial charge < -0.3 is 9.64 Å². The number of amides is 1. The number of fused-ring (bicyclic) bond motifs is 1. The van der Waals surface area contributed by atoms with Crippen LogP contribution < -0.4 is 0 Å². The van der Waals surface area contributed by atoms with E-state index in [4.69, 9.17) is 4.74 Å². The minimum Gasteiger partial charge on any atom is -0.383 e. The number of nitrogens with zero attached hydrogens (tertiary/aromatic N) is 4. The van der Waals surface area contributed by atoms with Crippen LogP contribution in [-0.2, 0) is 17.7 Å². The standard InChI is InChI=1S/C16H26N4O2/c1-16(2,12-22-3)19-9-7-18(8-10-19)15(21)13-11-17-20-6-4-5-14(13)20/h11H,4-10,12H2,1-3H3. The number of rotatable bonds is 4. The van der Waals surface area contributed by atoms with Crippen molar-refractivity contribution in [1.82, 2.24) is 19.6 Å². The highest BCUT2D eigenvalue weighted by Crippen LogP contribution is 2.22. The van der Waals surface area contributed by atoms with Crippen molar-refractivity contribution in [1.29, 1.82) is 0 Å². The molecule has 22 heavy (non-hydrogen) atoms. The summed E-state index contributed by atoms with van der Waals surface area (Å²) in [7, 11) is 1.74. The summed E-state index contributed by atoms with van der Waals surface area (Å²) >= 11 is 0. The van der Waals surface area contributed by atoms with Gasteiger partial charge >= 0.3 is 0 Å². The molecular formula is C16H26N4O2. The van der Waals surface area contributed by atoms with Crippen LogP contribution in [0.4, 0.5) is 0 Å². The lowest BCUT2D eigenvalue weighted by Gasteiger charge is -2.43. The SMILES string of the molecule is COCC(C)(C)N1CCN(C(=O)c2cnn3c2CCC3)CC1. The zero-order valence-electron chi connectivity index (χ0n) is 13.8. The second-order valence-corrected chi connectivity index (χ2v) is 6.86. The lowest BCUT2D eigenvalue weighted by molar-refractivity contribution is 0.00369. The Hall–Kier alpha value is -1.40. The van der Waals surface area contributed by atoms with Gasteiger partial charge in [0.05, 0.1) is 24.1 Å². The Labute approximate surface area is 132 Å². The molecule has 122 valence electrons. The van der Waals surface area contributed by atoms with E-state index in [0.717, 1.165) is 56.8 Å². The van der Waals surface area contributed by atoms with Crippen molar-refractivity contribution in [2.75, 3.05) is 39.9 Å². The fourth-order valence-electron chi connectivity index (χ4n) is 3.57. The molecular weight excluding hydrogens is 280 g/mol. The molecule has 1 fully saturated rings. The number of ether oxygens (including phenoxy) is 1. The molecule has 0 aromatic carbocycles. The fourth-order valence-corrected chi connectivity index (χ4v) is 3.57. The van der Waals surface area contributed by atoms with Crippen LogP contribution in [0.5, 0.6) is 0 Å². The van der Waals surface area contributed by atoms with E-state index in [2.05, 4.69) is 23.8 Å². The summed E-state index contributed by atoms with van der Waals surface area (Å²) in [5.41, 5.74) is 1.94. The third-order valence-corrected chi connectivity index (χ3v) is 4.88. The normalized spacial score (nSPS) is 19.5. The summed E-state index contributed by atoms with van der Waals surface area (Å²) in [4.78, 5) is 17.1. The van der Waals surface area contributed by atoms with Crippen LogP contribution in [0.15, 0.2) is 6.20 Å². The molecule has 0 N–H and O–H groups in total. The number of aromatic nitrogens is 2. The van der Waals surface area contributed by atoms with Gasteiger partial charge in [-0.2, -0.15) is 5.10 Å². The van der Waals surface area contributed by atoms with Crippen LogP contribution in [0.2, 0.25) is 0 Å². The van der Waals surface area contributed by atoms with E-state index < -0.39 is 0 Å². The summed E-state index contributed by atoms with van der Waals surface area (Å²) in [6.07, 6.45) is 3.82. The van der Waals surface area contributed by atoms with Gasteiger partial charge in [-0.1, -0.05) is 0 Å². The van der Waals surface area contributed by atoms with Gasteiger partial charge in [0.1, 0.15) is 0 Å². The lowest BCUT2D eigenvalue weighted by atomic mass is 10.0. The first-order valence-electron chi connectivity index (χ1n) is 8.11. The van der Waals surface area contributed by atoms with Crippen LogP contribution in [0.3, 0.4) is 0 Å². The Morgan fingerprint density at radius 1 is 1.27 bits per heavy atom. The number of carbonyl (C=O) groups excluding carboxylic acids is 1. The minimum absolute atomic E-state index is 0.0167. The summed E-state index contributed by atoms with van der Waals surface area (Å²) in [5, 5.41) is 4.33. The van der Waals surface area contributed by atoms with Crippen molar-refractivity contribution in [3.05, 3.63) is 17.5 Å². The van der Waals surface area contributed by atoms with Gasteiger partial charge in [-0.15, -0.1) is 0 Å². The molecule has 0 radical (unpaired) electrons. The first-order valence-corrected chi connectivity index (χ1v) is 8.11. The first-order chi connectivity index (χ1) is 10.5. The predicted octanol–water partition coefficient (Wildman–Crippen LogP) is 1.01. The molecule has 0 bridgehead atoms. The molecule has 3 rings (SSSR count). The molecule has 6 heteroatoms. The summed E-state index contributed by atoms with van der Waals surface area (Å²) in [5.74, 6) is 0.146. The molecule has 6 nitrogen and oxygen atoms in total. The van der Waals surface area contributed by atoms with E-state index in [1.54, 1.807) is 13.3 Å². The van der Waals surface area contributed by atoms with E-state index in [1.807, 2.05) is 9.58 Å². The van der Waals surface area contributed by atoms with Gasteiger partial charge in [0.2, 0.25) is 0 Å². The topological polar surface area (TPSA) is 50.6 Å². The van der Waals surface area contributed by atoms with Gasteiger partial charge in [0, 0.05) is 45.4 Å². The van der Waals surface area contributed by atoms with Crippen molar-refractivity contribution >= 4 is 5.91 Å². The maximum absolute atomic E-state index is 12.7. The maximum Gasteiger partial charge on any atom is 0.257 e. The fraction of sp³-hybridized carbons (Fsp3) is 0.750. The molecule has 0 unspecified atom stereocenters. The van der Waals surface area contributed by atoms with Gasteiger partial charge in [-0.3, -0.25) is 14.4 Å². The third kappa shape index (κ3) is 2.77. The Morgan fingerprint density at radius 3 is 2.68 bits per heavy atom. The van der Waals surface area contributed by atoms with E-state index >= 15 is 0 Å². The summed E-state index contributed by atoms with van der Waals surface area (Å²) in [6.45, 7) is 9.38. The average molecular weight is 306 g/mol. The second-order valence-electron chi connectivity index (χ2n) is 6.86. The quantitative estimate of drug-likeness (QED) is 0.833. The van der Waals surface area contributed by atoms with Crippen LogP contribution in [0.1, 0.15) is 36.3 Å². The van der Waals surface area contributed by atoms with Crippen LogP contribution >= 0.6 is 0 Å². The van der Waals surface area contributed by atoms with Gasteiger partial charge in [0.15, 0.2) is 0 Å². The van der Waals surface area contributed by atoms with Crippen LogP contribution in [-0.4, -0.2) is 70.9 Å². The van der Waals surface area contributed by atoms with Crippen molar-refractivity contribution < 1.29 is 9.53 Å². The molecule has 1 saturated heterocycles. The van der Waals surface area contributed by atoms with Crippen molar-refractivity contribution in [2.24, 2.45) is 0 Å². The van der Waals surface area contributed by atoms with Gasteiger partial charge in [-0.25, -0.2) is 0 Å². The summed E-state index contributed by atoms with van der Waals surface area (Å²) in [6, 6.07) is 0. The Balaban J connectivity index is 1.63. The number of hydrogen-bond acceptors (Lipinski definition) is 4. The average Bonchev–Trinajstić information content (AvgIpc) is 3.09. The minimum atomic E-state index is 0.0167. The number of carbonyl (C=O) groups is 1. The highest BCUT2D eigenvalue weighted by Gasteiger charge is 2.32. The summed E-state index contributed by atoms with van der Waals surface area (Å²) < 4.78 is 7.29. The molecule has 1 aromatic heterocycles. The Morgan fingerprint density at radius 2 is 2.00 bits per heavy atom. The number of aryl methyl sites for hydroxylation is 1. The molecule has 2 aliphatic rings. The highest BCUT2D eigenvalue weighted by molar-refractivity contribution is 5.95. The molecule has 0 aliphatic carbocycles. The van der Waals surface area contributed by atoms with Crippen LogP contribution in [0, 0.1) is 0 Å².